The molecule has 0 atom stereocenters. The molecule has 4 rings (SSSR count). The van der Waals surface area contributed by atoms with Gasteiger partial charge in [0, 0.05) is 34.8 Å². The summed E-state index contributed by atoms with van der Waals surface area (Å²) in [4.78, 5) is 10.00. The zero-order valence-corrected chi connectivity index (χ0v) is 16.1. The first-order valence-electron chi connectivity index (χ1n) is 9.58. The molecule has 27 heavy (non-hydrogen) atoms. The van der Waals surface area contributed by atoms with Crippen LogP contribution < -0.4 is 4.74 Å². The van der Waals surface area contributed by atoms with E-state index in [-0.39, 0.29) is 6.10 Å². The van der Waals surface area contributed by atoms with Crippen LogP contribution in [0.25, 0.3) is 11.3 Å². The van der Waals surface area contributed by atoms with Crippen molar-refractivity contribution in [1.29, 1.82) is 0 Å². The van der Waals surface area contributed by atoms with Crippen molar-refractivity contribution in [2.75, 3.05) is 5.75 Å². The average Bonchev–Trinajstić information content (AvgIpc) is 2.75. The van der Waals surface area contributed by atoms with E-state index in [0.717, 1.165) is 35.8 Å². The van der Waals surface area contributed by atoms with Gasteiger partial charge in [-0.15, -0.1) is 11.8 Å². The van der Waals surface area contributed by atoms with E-state index in [1.807, 2.05) is 42.2 Å². The molecule has 2 heterocycles. The summed E-state index contributed by atoms with van der Waals surface area (Å²) in [5.74, 6) is 2.86. The Bertz CT molecular complexity index is 833. The maximum atomic E-state index is 6.36. The summed E-state index contributed by atoms with van der Waals surface area (Å²) in [6, 6.07) is 18.6. The zero-order chi connectivity index (χ0) is 18.3. The maximum Gasteiger partial charge on any atom is 0.145 e. The van der Waals surface area contributed by atoms with Crippen molar-refractivity contribution in [3.63, 3.8) is 0 Å². The molecule has 138 valence electrons. The second-order valence-corrected chi connectivity index (χ2v) is 8.06. The molecule has 4 heteroatoms. The Balaban J connectivity index is 1.32. The van der Waals surface area contributed by atoms with Crippen LogP contribution in [0.1, 0.15) is 25.7 Å². The molecule has 0 saturated heterocycles. The summed E-state index contributed by atoms with van der Waals surface area (Å²) >= 11 is 1.98. The first-order chi connectivity index (χ1) is 13.4. The lowest BCUT2D eigenvalue weighted by Crippen LogP contribution is -2.25. The van der Waals surface area contributed by atoms with E-state index in [2.05, 4.69) is 40.3 Å². The van der Waals surface area contributed by atoms with E-state index in [0.29, 0.717) is 0 Å². The van der Waals surface area contributed by atoms with E-state index in [4.69, 9.17) is 4.74 Å². The number of pyridine rings is 2. The van der Waals surface area contributed by atoms with E-state index >= 15 is 0 Å². The fourth-order valence-corrected chi connectivity index (χ4v) is 4.65. The van der Waals surface area contributed by atoms with Gasteiger partial charge in [0.25, 0.3) is 0 Å². The predicted molar refractivity (Wildman–Crippen MR) is 111 cm³/mol. The molecule has 1 saturated carbocycles. The standard InChI is InChI=1S/C23H24N2OS/c1-2-5-21(6-3-1)27-17-18-8-10-20(11-9-18)26-22-7-4-14-25-23(22)19-12-15-24-16-13-19/h1-7,12-16,18,20H,8-11,17H2. The number of hydrogen-bond acceptors (Lipinski definition) is 4. The molecule has 1 aliphatic rings. The van der Waals surface area contributed by atoms with Gasteiger partial charge in [0.1, 0.15) is 11.4 Å². The van der Waals surface area contributed by atoms with Crippen LogP contribution >= 0.6 is 11.8 Å². The van der Waals surface area contributed by atoms with Crippen LogP contribution in [-0.2, 0) is 0 Å². The highest BCUT2D eigenvalue weighted by molar-refractivity contribution is 7.99. The van der Waals surface area contributed by atoms with Gasteiger partial charge in [0.15, 0.2) is 0 Å². The predicted octanol–water partition coefficient (Wildman–Crippen LogP) is 5.87. The maximum absolute atomic E-state index is 6.36. The van der Waals surface area contributed by atoms with Gasteiger partial charge in [-0.1, -0.05) is 18.2 Å². The van der Waals surface area contributed by atoms with Crippen LogP contribution in [0.4, 0.5) is 0 Å². The zero-order valence-electron chi connectivity index (χ0n) is 15.3. The van der Waals surface area contributed by atoms with Crippen molar-refractivity contribution in [2.24, 2.45) is 5.92 Å². The first kappa shape index (κ1) is 18.1. The van der Waals surface area contributed by atoms with Crippen molar-refractivity contribution in [1.82, 2.24) is 9.97 Å². The molecular formula is C23H24N2OS. The highest BCUT2D eigenvalue weighted by atomic mass is 32.2. The van der Waals surface area contributed by atoms with Gasteiger partial charge in [0.2, 0.25) is 0 Å². The summed E-state index contributed by atoms with van der Waals surface area (Å²) in [6.07, 6.45) is 10.4. The van der Waals surface area contributed by atoms with E-state index in [1.54, 1.807) is 12.4 Å². The van der Waals surface area contributed by atoms with Gasteiger partial charge < -0.3 is 4.74 Å². The Morgan fingerprint density at radius 3 is 2.41 bits per heavy atom. The third kappa shape index (κ3) is 4.89. The van der Waals surface area contributed by atoms with Crippen LogP contribution in [0.5, 0.6) is 5.75 Å². The van der Waals surface area contributed by atoms with Gasteiger partial charge >= 0.3 is 0 Å². The van der Waals surface area contributed by atoms with Crippen molar-refractivity contribution in [3.05, 3.63) is 73.2 Å². The second kappa shape index (κ2) is 9.05. The van der Waals surface area contributed by atoms with Crippen LogP contribution in [0.2, 0.25) is 0 Å². The number of hydrogen-bond donors (Lipinski definition) is 0. The summed E-state index contributed by atoms with van der Waals surface area (Å²) in [5, 5.41) is 0. The largest absolute Gasteiger partial charge is 0.488 e. The van der Waals surface area contributed by atoms with Crippen LogP contribution in [0.15, 0.2) is 78.1 Å². The summed E-state index contributed by atoms with van der Waals surface area (Å²) in [5.41, 5.74) is 1.95. The lowest BCUT2D eigenvalue weighted by atomic mass is 9.88. The van der Waals surface area contributed by atoms with Crippen molar-refractivity contribution >= 4 is 11.8 Å². The fraction of sp³-hybridized carbons (Fsp3) is 0.304. The number of benzene rings is 1. The Labute approximate surface area is 165 Å². The average molecular weight is 377 g/mol. The molecule has 2 aromatic heterocycles. The minimum absolute atomic E-state index is 0.285. The Morgan fingerprint density at radius 2 is 1.63 bits per heavy atom. The minimum Gasteiger partial charge on any atom is -0.488 e. The molecule has 0 aliphatic heterocycles. The fourth-order valence-electron chi connectivity index (χ4n) is 3.54. The van der Waals surface area contributed by atoms with Crippen molar-refractivity contribution < 1.29 is 4.74 Å². The topological polar surface area (TPSA) is 35.0 Å². The first-order valence-corrected chi connectivity index (χ1v) is 10.6. The molecule has 1 aromatic carbocycles. The third-order valence-corrected chi connectivity index (χ3v) is 6.28. The van der Waals surface area contributed by atoms with Crippen LogP contribution in [0, 0.1) is 5.92 Å². The number of rotatable bonds is 6. The van der Waals surface area contributed by atoms with E-state index < -0.39 is 0 Å². The van der Waals surface area contributed by atoms with Gasteiger partial charge in [0.05, 0.1) is 6.10 Å². The van der Waals surface area contributed by atoms with Gasteiger partial charge in [-0.25, -0.2) is 0 Å². The summed E-state index contributed by atoms with van der Waals surface area (Å²) < 4.78 is 6.36. The molecule has 0 N–H and O–H groups in total. The molecule has 1 fully saturated rings. The second-order valence-electron chi connectivity index (χ2n) is 6.97. The normalized spacial score (nSPS) is 19.6. The van der Waals surface area contributed by atoms with E-state index in [9.17, 15) is 0 Å². The third-order valence-electron chi connectivity index (χ3n) is 5.04. The van der Waals surface area contributed by atoms with Gasteiger partial charge in [-0.2, -0.15) is 0 Å². The molecule has 3 nitrogen and oxygen atoms in total. The molecule has 1 aliphatic carbocycles. The Kier molecular flexibility index (Phi) is 6.05. The van der Waals surface area contributed by atoms with E-state index in [1.165, 1.54) is 23.5 Å². The number of nitrogens with zero attached hydrogens (tertiary/aromatic N) is 2. The quantitative estimate of drug-likeness (QED) is 0.504. The molecule has 0 bridgehead atoms. The van der Waals surface area contributed by atoms with Gasteiger partial charge in [-0.05, 0) is 68.0 Å². The molecular weight excluding hydrogens is 352 g/mol. The highest BCUT2D eigenvalue weighted by Crippen LogP contribution is 2.34. The SMILES string of the molecule is c1ccc(SCC2CCC(Oc3cccnc3-c3ccncc3)CC2)cc1. The lowest BCUT2D eigenvalue weighted by molar-refractivity contribution is 0.137. The van der Waals surface area contributed by atoms with Crippen molar-refractivity contribution in [2.45, 2.75) is 36.7 Å². The lowest BCUT2D eigenvalue weighted by Gasteiger charge is -2.29. The smallest absolute Gasteiger partial charge is 0.145 e. The minimum atomic E-state index is 0.285. The molecule has 0 amide bonds. The Hall–Kier alpha value is -2.33. The number of thioether (sulfide) groups is 1. The molecule has 0 unspecified atom stereocenters. The van der Waals surface area contributed by atoms with Crippen LogP contribution in [0.3, 0.4) is 0 Å². The monoisotopic (exact) mass is 376 g/mol. The molecule has 0 radical (unpaired) electrons. The molecule has 3 aromatic rings. The summed E-state index contributed by atoms with van der Waals surface area (Å²) in [7, 11) is 0. The molecule has 0 spiro atoms. The number of aromatic nitrogens is 2. The Morgan fingerprint density at radius 1 is 0.852 bits per heavy atom. The number of ether oxygens (including phenoxy) is 1. The summed E-state index contributed by atoms with van der Waals surface area (Å²) in [6.45, 7) is 0. The van der Waals surface area contributed by atoms with Crippen molar-refractivity contribution in [3.8, 4) is 17.0 Å². The van der Waals surface area contributed by atoms with Crippen LogP contribution in [-0.4, -0.2) is 21.8 Å². The highest BCUT2D eigenvalue weighted by Gasteiger charge is 2.23. The van der Waals surface area contributed by atoms with Gasteiger partial charge in [-0.3, -0.25) is 9.97 Å².